The molecule has 0 aliphatic carbocycles. The summed E-state index contributed by atoms with van der Waals surface area (Å²) in [4.78, 5) is 14.2. The summed E-state index contributed by atoms with van der Waals surface area (Å²) < 4.78 is 29.0. The summed E-state index contributed by atoms with van der Waals surface area (Å²) >= 11 is 0.698. The quantitative estimate of drug-likeness (QED) is 0.835. The summed E-state index contributed by atoms with van der Waals surface area (Å²) in [5.74, 6) is -0.974. The molecule has 0 aliphatic rings. The van der Waals surface area contributed by atoms with E-state index in [1.807, 2.05) is 10.8 Å². The van der Waals surface area contributed by atoms with Crippen LogP contribution < -0.4 is 4.72 Å². The smallest absolute Gasteiger partial charge is 0.318 e. The third-order valence-corrected chi connectivity index (χ3v) is 4.55. The van der Waals surface area contributed by atoms with E-state index in [1.165, 1.54) is 0 Å². The zero-order valence-electron chi connectivity index (χ0n) is 9.48. The third kappa shape index (κ3) is 3.34. The van der Waals surface area contributed by atoms with Gasteiger partial charge in [-0.15, -0.1) is 0 Å². The van der Waals surface area contributed by atoms with Crippen LogP contribution in [0.4, 0.5) is 0 Å². The van der Waals surface area contributed by atoms with Gasteiger partial charge in [-0.3, -0.25) is 4.79 Å². The molecule has 1 heterocycles. The fourth-order valence-electron chi connectivity index (χ4n) is 1.24. The van der Waals surface area contributed by atoms with Crippen molar-refractivity contribution in [2.75, 3.05) is 6.54 Å². The van der Waals surface area contributed by atoms with Crippen molar-refractivity contribution in [1.29, 1.82) is 0 Å². The highest BCUT2D eigenvalue weighted by Gasteiger charge is 2.21. The Labute approximate surface area is 113 Å². The molecular weight excluding hydrogens is 290 g/mol. The predicted molar refractivity (Wildman–Crippen MR) is 68.2 cm³/mol. The lowest BCUT2D eigenvalue weighted by Gasteiger charge is -1.98. The summed E-state index contributed by atoms with van der Waals surface area (Å²) in [5, 5.41) is 8.45. The van der Waals surface area contributed by atoms with Gasteiger partial charge in [0.1, 0.15) is 6.54 Å². The molecule has 0 saturated carbocycles. The molecule has 19 heavy (non-hydrogen) atoms. The Hall–Kier alpha value is -1.84. The normalized spacial score (nSPS) is 11.4. The van der Waals surface area contributed by atoms with Gasteiger partial charge in [-0.1, -0.05) is 30.3 Å². The Bertz CT molecular complexity index is 682. The van der Waals surface area contributed by atoms with Gasteiger partial charge < -0.3 is 5.11 Å². The van der Waals surface area contributed by atoms with Gasteiger partial charge in [-0.05, 0) is 11.5 Å². The monoisotopic (exact) mass is 299 g/mol. The van der Waals surface area contributed by atoms with Crippen LogP contribution in [0.2, 0.25) is 0 Å². The van der Waals surface area contributed by atoms with Crippen LogP contribution in [0.3, 0.4) is 0 Å². The van der Waals surface area contributed by atoms with Crippen LogP contribution in [-0.2, 0) is 14.8 Å². The fraction of sp³-hybridized carbons (Fsp3) is 0.100. The molecule has 0 saturated heterocycles. The van der Waals surface area contributed by atoms with E-state index in [0.29, 0.717) is 22.9 Å². The average molecular weight is 299 g/mol. The second kappa shape index (κ2) is 5.43. The highest BCUT2D eigenvalue weighted by molar-refractivity contribution is 7.91. The van der Waals surface area contributed by atoms with Crippen LogP contribution in [-0.4, -0.2) is 35.4 Å². The number of hydrogen-bond acceptors (Lipinski definition) is 6. The van der Waals surface area contributed by atoms with Gasteiger partial charge in [-0.2, -0.15) is 9.10 Å². The van der Waals surface area contributed by atoms with Crippen molar-refractivity contribution >= 4 is 27.5 Å². The van der Waals surface area contributed by atoms with Gasteiger partial charge in [0, 0.05) is 5.56 Å². The van der Waals surface area contributed by atoms with E-state index in [1.54, 1.807) is 24.3 Å². The molecule has 2 N–H and O–H groups in total. The van der Waals surface area contributed by atoms with Crippen LogP contribution in [0.1, 0.15) is 0 Å². The molecule has 100 valence electrons. The maximum Gasteiger partial charge on any atom is 0.318 e. The van der Waals surface area contributed by atoms with Gasteiger partial charge in [0.2, 0.25) is 4.34 Å². The van der Waals surface area contributed by atoms with Crippen molar-refractivity contribution < 1.29 is 18.3 Å². The number of nitrogens with one attached hydrogen (secondary N) is 1. The van der Waals surface area contributed by atoms with Crippen LogP contribution >= 0.6 is 11.5 Å². The Balaban J connectivity index is 2.24. The van der Waals surface area contributed by atoms with E-state index in [4.69, 9.17) is 5.11 Å². The lowest BCUT2D eigenvalue weighted by Crippen LogP contribution is -2.29. The minimum absolute atomic E-state index is 0.257. The minimum atomic E-state index is -3.93. The first-order chi connectivity index (χ1) is 8.99. The van der Waals surface area contributed by atoms with Crippen LogP contribution in [0.15, 0.2) is 34.7 Å². The second-order valence-electron chi connectivity index (χ2n) is 3.47. The molecule has 1 aromatic heterocycles. The maximum absolute atomic E-state index is 11.7. The van der Waals surface area contributed by atoms with Gasteiger partial charge in [0.15, 0.2) is 5.82 Å². The SMILES string of the molecule is O=C(O)CNS(=O)(=O)c1nc(-c2ccccc2)ns1. The van der Waals surface area contributed by atoms with Crippen molar-refractivity contribution in [3.05, 3.63) is 30.3 Å². The number of carboxylic acids is 1. The number of hydrogen-bond donors (Lipinski definition) is 2. The summed E-state index contributed by atoms with van der Waals surface area (Å²) in [7, 11) is -3.93. The van der Waals surface area contributed by atoms with Crippen LogP contribution in [0.5, 0.6) is 0 Å². The minimum Gasteiger partial charge on any atom is -0.480 e. The first kappa shape index (κ1) is 13.6. The van der Waals surface area contributed by atoms with Gasteiger partial charge in [0.25, 0.3) is 10.0 Å². The molecule has 1 aromatic carbocycles. The zero-order chi connectivity index (χ0) is 13.9. The molecule has 0 aliphatic heterocycles. The number of rotatable bonds is 5. The van der Waals surface area contributed by atoms with E-state index < -0.39 is 22.5 Å². The van der Waals surface area contributed by atoms with Crippen molar-refractivity contribution in [2.45, 2.75) is 4.34 Å². The molecule has 7 nitrogen and oxygen atoms in total. The van der Waals surface area contributed by atoms with Gasteiger partial charge >= 0.3 is 5.97 Å². The lowest BCUT2D eigenvalue weighted by atomic mass is 10.2. The summed E-state index contributed by atoms with van der Waals surface area (Å²) in [6.07, 6.45) is 0. The number of nitrogens with zero attached hydrogens (tertiary/aromatic N) is 2. The first-order valence-corrected chi connectivity index (χ1v) is 7.35. The molecule has 2 aromatic rings. The van der Waals surface area contributed by atoms with Crippen LogP contribution in [0.25, 0.3) is 11.4 Å². The fourth-order valence-corrected chi connectivity index (χ4v) is 3.00. The molecule has 0 unspecified atom stereocenters. The van der Waals surface area contributed by atoms with E-state index in [-0.39, 0.29) is 4.34 Å². The third-order valence-electron chi connectivity index (χ3n) is 2.08. The molecule has 0 fully saturated rings. The molecule has 0 atom stereocenters. The van der Waals surface area contributed by atoms with E-state index in [2.05, 4.69) is 9.36 Å². The van der Waals surface area contributed by atoms with Crippen LogP contribution in [0, 0.1) is 0 Å². The number of aliphatic carboxylic acids is 1. The second-order valence-corrected chi connectivity index (χ2v) is 6.16. The molecular formula is C10H9N3O4S2. The molecule has 2 rings (SSSR count). The first-order valence-electron chi connectivity index (χ1n) is 5.09. The lowest BCUT2D eigenvalue weighted by molar-refractivity contribution is -0.135. The topological polar surface area (TPSA) is 109 Å². The van der Waals surface area contributed by atoms with Gasteiger partial charge in [0.05, 0.1) is 0 Å². The number of sulfonamides is 1. The van der Waals surface area contributed by atoms with Crippen molar-refractivity contribution in [3.63, 3.8) is 0 Å². The Morgan fingerprint density at radius 3 is 2.63 bits per heavy atom. The molecule has 0 bridgehead atoms. The molecule has 0 spiro atoms. The standard InChI is InChI=1S/C10H9N3O4S2/c14-8(15)6-11-19(16,17)10-12-9(13-18-10)7-4-2-1-3-5-7/h1-5,11H,6H2,(H,14,15). The van der Waals surface area contributed by atoms with Crippen molar-refractivity contribution in [3.8, 4) is 11.4 Å². The molecule has 0 amide bonds. The van der Waals surface area contributed by atoms with Gasteiger partial charge in [-0.25, -0.2) is 13.4 Å². The largest absolute Gasteiger partial charge is 0.480 e. The zero-order valence-corrected chi connectivity index (χ0v) is 11.1. The van der Waals surface area contributed by atoms with E-state index in [9.17, 15) is 13.2 Å². The summed E-state index contributed by atoms with van der Waals surface area (Å²) in [5.41, 5.74) is 0.693. The predicted octanol–water partition coefficient (Wildman–Crippen LogP) is 0.568. The Morgan fingerprint density at radius 2 is 2.00 bits per heavy atom. The average Bonchev–Trinajstić information content (AvgIpc) is 2.88. The number of carbonyl (C=O) groups is 1. The van der Waals surface area contributed by atoms with Crippen molar-refractivity contribution in [1.82, 2.24) is 14.1 Å². The van der Waals surface area contributed by atoms with E-state index >= 15 is 0 Å². The Morgan fingerprint density at radius 1 is 1.32 bits per heavy atom. The summed E-state index contributed by atoms with van der Waals surface area (Å²) in [6, 6.07) is 8.90. The van der Waals surface area contributed by atoms with Crippen molar-refractivity contribution in [2.24, 2.45) is 0 Å². The number of aromatic nitrogens is 2. The molecule has 9 heteroatoms. The highest BCUT2D eigenvalue weighted by atomic mass is 32.2. The number of benzene rings is 1. The number of carboxylic acid groups (broad SMARTS) is 1. The summed E-state index contributed by atoms with van der Waals surface area (Å²) in [6.45, 7) is -0.692. The highest BCUT2D eigenvalue weighted by Crippen LogP contribution is 2.20. The van der Waals surface area contributed by atoms with E-state index in [0.717, 1.165) is 0 Å². The maximum atomic E-state index is 11.7. The Kier molecular flexibility index (Phi) is 3.88. The molecule has 0 radical (unpaired) electrons.